The standard InChI is InChI=1S/C13H10BrN3/c14-10-3-1-8-5-11(17-12(8)6-10)9-2-4-13(15)16-7-9/h1-7,17H,(H2,15,16). The molecule has 0 bridgehead atoms. The van der Waals surface area contributed by atoms with Crippen LogP contribution in [-0.2, 0) is 0 Å². The first kappa shape index (κ1) is 10.4. The predicted octanol–water partition coefficient (Wildman–Crippen LogP) is 3.57. The van der Waals surface area contributed by atoms with E-state index in [4.69, 9.17) is 5.73 Å². The number of nitrogens with one attached hydrogen (secondary N) is 1. The van der Waals surface area contributed by atoms with E-state index in [1.807, 2.05) is 12.1 Å². The summed E-state index contributed by atoms with van der Waals surface area (Å²) in [7, 11) is 0. The molecule has 3 nitrogen and oxygen atoms in total. The van der Waals surface area contributed by atoms with Crippen LogP contribution in [0.15, 0.2) is 47.1 Å². The van der Waals surface area contributed by atoms with Gasteiger partial charge in [0, 0.05) is 32.8 Å². The van der Waals surface area contributed by atoms with Crippen LogP contribution >= 0.6 is 15.9 Å². The molecule has 1 aromatic carbocycles. The van der Waals surface area contributed by atoms with Gasteiger partial charge >= 0.3 is 0 Å². The molecule has 0 saturated heterocycles. The fraction of sp³-hybridized carbons (Fsp3) is 0. The van der Waals surface area contributed by atoms with Crippen LogP contribution in [0.4, 0.5) is 5.82 Å². The minimum absolute atomic E-state index is 0.535. The molecule has 3 aromatic rings. The minimum Gasteiger partial charge on any atom is -0.384 e. The smallest absolute Gasteiger partial charge is 0.123 e. The Bertz CT molecular complexity index is 671. The highest BCUT2D eigenvalue weighted by molar-refractivity contribution is 9.10. The number of hydrogen-bond donors (Lipinski definition) is 2. The SMILES string of the molecule is Nc1ccc(-c2cc3ccc(Br)cc3[nH]2)cn1. The third-order valence-corrected chi connectivity index (χ3v) is 3.18. The Morgan fingerprint density at radius 2 is 2.00 bits per heavy atom. The number of anilines is 1. The van der Waals surface area contributed by atoms with Crippen molar-refractivity contribution in [2.45, 2.75) is 0 Å². The van der Waals surface area contributed by atoms with Crippen LogP contribution in [0.25, 0.3) is 22.2 Å². The van der Waals surface area contributed by atoms with Crippen LogP contribution < -0.4 is 5.73 Å². The van der Waals surface area contributed by atoms with Gasteiger partial charge in [0.2, 0.25) is 0 Å². The number of pyridine rings is 1. The maximum Gasteiger partial charge on any atom is 0.123 e. The summed E-state index contributed by atoms with van der Waals surface area (Å²) in [5.74, 6) is 0.535. The fourth-order valence-corrected chi connectivity index (χ4v) is 2.18. The Hall–Kier alpha value is -1.81. The number of nitrogens with zero attached hydrogens (tertiary/aromatic N) is 1. The summed E-state index contributed by atoms with van der Waals surface area (Å²) in [4.78, 5) is 7.45. The summed E-state index contributed by atoms with van der Waals surface area (Å²) < 4.78 is 1.06. The van der Waals surface area contributed by atoms with E-state index in [1.54, 1.807) is 12.3 Å². The molecule has 3 rings (SSSR count). The van der Waals surface area contributed by atoms with Crippen molar-refractivity contribution in [3.63, 3.8) is 0 Å². The van der Waals surface area contributed by atoms with Crippen molar-refractivity contribution in [2.24, 2.45) is 0 Å². The first-order valence-electron chi connectivity index (χ1n) is 5.22. The van der Waals surface area contributed by atoms with E-state index in [0.29, 0.717) is 5.82 Å². The number of aromatic nitrogens is 2. The summed E-state index contributed by atoms with van der Waals surface area (Å²) in [6.45, 7) is 0. The average Bonchev–Trinajstić information content (AvgIpc) is 2.72. The first-order chi connectivity index (χ1) is 8.22. The number of nitrogens with two attached hydrogens (primary N) is 1. The largest absolute Gasteiger partial charge is 0.384 e. The molecule has 4 heteroatoms. The van der Waals surface area contributed by atoms with E-state index in [2.05, 4.69) is 44.1 Å². The van der Waals surface area contributed by atoms with Crippen molar-refractivity contribution in [3.05, 3.63) is 47.1 Å². The quantitative estimate of drug-likeness (QED) is 0.719. The van der Waals surface area contributed by atoms with Gasteiger partial charge in [-0.15, -0.1) is 0 Å². The topological polar surface area (TPSA) is 54.7 Å². The summed E-state index contributed by atoms with van der Waals surface area (Å²) in [6.07, 6.45) is 1.77. The molecule has 0 unspecified atom stereocenters. The molecule has 0 fully saturated rings. The van der Waals surface area contributed by atoms with Crippen LogP contribution in [-0.4, -0.2) is 9.97 Å². The molecular weight excluding hydrogens is 278 g/mol. The molecule has 0 spiro atoms. The molecule has 0 atom stereocenters. The van der Waals surface area contributed by atoms with Gasteiger partial charge in [0.25, 0.3) is 0 Å². The molecule has 0 aliphatic carbocycles. The van der Waals surface area contributed by atoms with Gasteiger partial charge in [-0.05, 0) is 30.3 Å². The van der Waals surface area contributed by atoms with E-state index in [-0.39, 0.29) is 0 Å². The van der Waals surface area contributed by atoms with E-state index in [1.165, 1.54) is 5.39 Å². The van der Waals surface area contributed by atoms with Crippen LogP contribution in [0, 0.1) is 0 Å². The summed E-state index contributed by atoms with van der Waals surface area (Å²) >= 11 is 3.46. The summed E-state index contributed by atoms with van der Waals surface area (Å²) in [5, 5.41) is 1.18. The molecule has 17 heavy (non-hydrogen) atoms. The van der Waals surface area contributed by atoms with Gasteiger partial charge in [-0.25, -0.2) is 4.98 Å². The predicted molar refractivity (Wildman–Crippen MR) is 73.6 cm³/mol. The van der Waals surface area contributed by atoms with Gasteiger partial charge < -0.3 is 10.7 Å². The lowest BCUT2D eigenvalue weighted by molar-refractivity contribution is 1.32. The molecule has 0 aliphatic rings. The molecule has 0 amide bonds. The van der Waals surface area contributed by atoms with Gasteiger partial charge in [-0.1, -0.05) is 22.0 Å². The number of aromatic amines is 1. The number of rotatable bonds is 1. The zero-order valence-corrected chi connectivity index (χ0v) is 10.5. The van der Waals surface area contributed by atoms with Crippen LogP contribution in [0.5, 0.6) is 0 Å². The number of hydrogen-bond acceptors (Lipinski definition) is 2. The lowest BCUT2D eigenvalue weighted by Gasteiger charge is -1.97. The molecule has 0 saturated carbocycles. The molecule has 84 valence electrons. The molecule has 0 radical (unpaired) electrons. The molecule has 2 aromatic heterocycles. The highest BCUT2D eigenvalue weighted by Gasteiger charge is 2.03. The summed E-state index contributed by atoms with van der Waals surface area (Å²) in [5.41, 5.74) is 8.76. The second-order valence-corrected chi connectivity index (χ2v) is 4.80. The van der Waals surface area contributed by atoms with E-state index in [0.717, 1.165) is 21.2 Å². The van der Waals surface area contributed by atoms with Gasteiger partial charge in [-0.3, -0.25) is 0 Å². The number of benzene rings is 1. The Labute approximate surface area is 107 Å². The second kappa shape index (κ2) is 3.89. The van der Waals surface area contributed by atoms with Crippen molar-refractivity contribution in [2.75, 3.05) is 5.73 Å². The zero-order chi connectivity index (χ0) is 11.8. The number of halogens is 1. The zero-order valence-electron chi connectivity index (χ0n) is 8.94. The van der Waals surface area contributed by atoms with Crippen LogP contribution in [0.2, 0.25) is 0 Å². The number of H-pyrrole nitrogens is 1. The number of nitrogen functional groups attached to an aromatic ring is 1. The highest BCUT2D eigenvalue weighted by atomic mass is 79.9. The highest BCUT2D eigenvalue weighted by Crippen LogP contribution is 2.26. The van der Waals surface area contributed by atoms with E-state index in [9.17, 15) is 0 Å². The van der Waals surface area contributed by atoms with Crippen LogP contribution in [0.3, 0.4) is 0 Å². The third-order valence-electron chi connectivity index (χ3n) is 2.68. The van der Waals surface area contributed by atoms with Crippen molar-refractivity contribution in [1.82, 2.24) is 9.97 Å². The minimum atomic E-state index is 0.535. The van der Waals surface area contributed by atoms with Gasteiger partial charge in [0.1, 0.15) is 5.82 Å². The normalized spacial score (nSPS) is 10.9. The maximum absolute atomic E-state index is 5.57. The van der Waals surface area contributed by atoms with Gasteiger partial charge in [0.15, 0.2) is 0 Å². The van der Waals surface area contributed by atoms with Crippen molar-refractivity contribution < 1.29 is 0 Å². The van der Waals surface area contributed by atoms with Crippen molar-refractivity contribution in [1.29, 1.82) is 0 Å². The molecular formula is C13H10BrN3. The first-order valence-corrected chi connectivity index (χ1v) is 6.02. The van der Waals surface area contributed by atoms with Gasteiger partial charge in [-0.2, -0.15) is 0 Å². The van der Waals surface area contributed by atoms with E-state index < -0.39 is 0 Å². The monoisotopic (exact) mass is 287 g/mol. The van der Waals surface area contributed by atoms with Gasteiger partial charge in [0.05, 0.1) is 0 Å². The molecule has 2 heterocycles. The molecule has 0 aliphatic heterocycles. The molecule has 3 N–H and O–H groups in total. The average molecular weight is 288 g/mol. The van der Waals surface area contributed by atoms with E-state index >= 15 is 0 Å². The number of fused-ring (bicyclic) bond motifs is 1. The fourth-order valence-electron chi connectivity index (χ4n) is 1.82. The third kappa shape index (κ3) is 1.91. The Balaban J connectivity index is 2.14. The van der Waals surface area contributed by atoms with Crippen molar-refractivity contribution >= 4 is 32.7 Å². The maximum atomic E-state index is 5.57. The Morgan fingerprint density at radius 3 is 2.76 bits per heavy atom. The summed E-state index contributed by atoms with van der Waals surface area (Å²) in [6, 6.07) is 12.0. The Morgan fingerprint density at radius 1 is 1.12 bits per heavy atom. The lowest BCUT2D eigenvalue weighted by Crippen LogP contribution is -1.88. The lowest BCUT2D eigenvalue weighted by atomic mass is 10.2. The Kier molecular flexibility index (Phi) is 2.37. The van der Waals surface area contributed by atoms with Crippen molar-refractivity contribution in [3.8, 4) is 11.3 Å². The second-order valence-electron chi connectivity index (χ2n) is 3.89. The van der Waals surface area contributed by atoms with Crippen LogP contribution in [0.1, 0.15) is 0 Å².